The Bertz CT molecular complexity index is 2440. The molecule has 3 spiro atoms. The highest BCUT2D eigenvalue weighted by Gasteiger charge is 2.94. The highest BCUT2D eigenvalue weighted by atomic mass is 31.2. The van der Waals surface area contributed by atoms with Crippen LogP contribution in [0.5, 0.6) is 0 Å². The van der Waals surface area contributed by atoms with Gasteiger partial charge >= 0.3 is 39.9 Å². The molecule has 0 aromatic heterocycles. The first kappa shape index (κ1) is 117. The van der Waals surface area contributed by atoms with E-state index in [-0.39, 0.29) is 32.3 Å². The molecule has 3 saturated heterocycles. The lowest BCUT2D eigenvalue weighted by atomic mass is 9.53. The fourth-order valence-electron chi connectivity index (χ4n) is 25.1. The van der Waals surface area contributed by atoms with Crippen molar-refractivity contribution in [2.24, 2.45) is 81.3 Å². The van der Waals surface area contributed by atoms with Gasteiger partial charge in [-0.25, -0.2) is 0 Å². The molecule has 0 radical (unpaired) electrons. The molecule has 13 unspecified atom stereocenters. The Morgan fingerprint density at radius 2 is 0.386 bits per heavy atom. The second kappa shape index (κ2) is 65.0. The molecule has 127 heavy (non-hydrogen) atoms. The van der Waals surface area contributed by atoms with Gasteiger partial charge in [-0.3, -0.25) is 0 Å². The van der Waals surface area contributed by atoms with Crippen LogP contribution < -0.4 is 0 Å². The molecule has 752 valence electrons. The SMILES string of the molecule is CCCCCCCCCCCCCO[P+]1(OCCCCCCCCCCCCC)OC12CC(C)C(C(C)CC(C1CC(C(C)(C)C)C3(CC1C)O[P+]3(OCCCCCCCCCCCCC)OCCCCCCCCCCCCC)C1CC(C(C)(C)C)C3(CC1C)O[P+]3(OCCCCCCCCCCCCC)OCCCCCCCCCCCCC)CC2C(C)(C)C. The molecule has 3 aliphatic carbocycles. The summed E-state index contributed by atoms with van der Waals surface area (Å²) in [4.78, 5) is 0. The van der Waals surface area contributed by atoms with Crippen LogP contribution in [-0.2, 0) is 40.7 Å². The third kappa shape index (κ3) is 40.6. The zero-order valence-corrected chi connectivity index (χ0v) is 91.9. The summed E-state index contributed by atoms with van der Waals surface area (Å²) in [6.07, 6.45) is 96.0. The molecule has 0 N–H and O–H groups in total. The average molecular weight is 1850 g/mol. The highest BCUT2D eigenvalue weighted by molar-refractivity contribution is 7.69. The summed E-state index contributed by atoms with van der Waals surface area (Å²) in [5, 5.41) is -1.09. The van der Waals surface area contributed by atoms with Gasteiger partial charge in [0.15, 0.2) is 0 Å². The molecule has 12 heteroatoms. The van der Waals surface area contributed by atoms with Gasteiger partial charge < -0.3 is 0 Å². The second-order valence-corrected chi connectivity index (χ2v) is 54.7. The number of hydrogen-bond donors (Lipinski definition) is 0. The quantitative estimate of drug-likeness (QED) is 0.0335. The fraction of sp³-hybridized carbons (Fsp3) is 1.00. The maximum atomic E-state index is 7.73. The van der Waals surface area contributed by atoms with Crippen molar-refractivity contribution in [1.29, 1.82) is 0 Å². The minimum absolute atomic E-state index is 0.00863. The molecule has 0 bridgehead atoms. The van der Waals surface area contributed by atoms with Crippen molar-refractivity contribution in [2.45, 2.75) is 616 Å². The Morgan fingerprint density at radius 3 is 0.551 bits per heavy atom. The topological polar surface area (TPSA) is 93.0 Å². The number of rotatable bonds is 83. The molecule has 0 aromatic rings. The predicted molar refractivity (Wildman–Crippen MR) is 558 cm³/mol. The van der Waals surface area contributed by atoms with E-state index in [1.165, 1.54) is 411 Å². The van der Waals surface area contributed by atoms with Crippen LogP contribution in [0.4, 0.5) is 0 Å². The van der Waals surface area contributed by atoms with E-state index in [9.17, 15) is 0 Å². The van der Waals surface area contributed by atoms with Crippen LogP contribution >= 0.6 is 23.8 Å². The molecule has 6 rings (SSSR count). The Morgan fingerprint density at radius 1 is 0.236 bits per heavy atom. The Hall–Kier alpha value is 0.930. The Balaban J connectivity index is 1.32. The lowest BCUT2D eigenvalue weighted by Gasteiger charge is -2.52. The number of unbranched alkanes of at least 4 members (excludes halogenated alkanes) is 60. The summed E-state index contributed by atoms with van der Waals surface area (Å²) >= 11 is 0. The van der Waals surface area contributed by atoms with E-state index in [1.807, 2.05) is 0 Å². The van der Waals surface area contributed by atoms with Gasteiger partial charge in [-0.2, -0.15) is 27.1 Å². The van der Waals surface area contributed by atoms with Gasteiger partial charge in [-0.1, -0.05) is 517 Å². The lowest BCUT2D eigenvalue weighted by Crippen LogP contribution is -2.51. The van der Waals surface area contributed by atoms with Crippen LogP contribution in [0.25, 0.3) is 0 Å². The van der Waals surface area contributed by atoms with E-state index in [0.29, 0.717) is 65.1 Å². The van der Waals surface area contributed by atoms with Crippen molar-refractivity contribution in [1.82, 2.24) is 0 Å². The minimum atomic E-state index is -2.67. The first-order chi connectivity index (χ1) is 61.3. The zero-order chi connectivity index (χ0) is 92.1. The van der Waals surface area contributed by atoms with Gasteiger partial charge in [0.25, 0.3) is 0 Å². The highest BCUT2D eigenvalue weighted by Crippen LogP contribution is 2.97. The van der Waals surface area contributed by atoms with Crippen LogP contribution in [0.3, 0.4) is 0 Å². The summed E-state index contributed by atoms with van der Waals surface area (Å²) in [5.41, 5.74) is 0.00289. The molecule has 3 heterocycles. The molecule has 6 fully saturated rings. The maximum absolute atomic E-state index is 7.73. The molecule has 13 atom stereocenters. The first-order valence-electron chi connectivity index (χ1n) is 58.0. The number of hydrogen-bond acceptors (Lipinski definition) is 9. The van der Waals surface area contributed by atoms with Crippen molar-refractivity contribution >= 4 is 23.8 Å². The largest absolute Gasteiger partial charge is 0.454 e. The molecule has 9 nitrogen and oxygen atoms in total. The Kier molecular flexibility index (Phi) is 59.7. The summed E-state index contributed by atoms with van der Waals surface area (Å²) < 4.78 is 68.1. The van der Waals surface area contributed by atoms with Gasteiger partial charge in [0.05, 0.1) is 39.6 Å². The first-order valence-corrected chi connectivity index (χ1v) is 62.6. The van der Waals surface area contributed by atoms with Crippen LogP contribution in [0.2, 0.25) is 0 Å². The van der Waals surface area contributed by atoms with Crippen LogP contribution in [0.1, 0.15) is 600 Å². The van der Waals surface area contributed by atoms with E-state index in [2.05, 4.69) is 132 Å². The maximum Gasteiger partial charge on any atom is 0.454 e. The molecular formula is C115H226O9P3+3. The van der Waals surface area contributed by atoms with Crippen molar-refractivity contribution < 1.29 is 40.7 Å². The zero-order valence-electron chi connectivity index (χ0n) is 89.2. The van der Waals surface area contributed by atoms with E-state index in [4.69, 9.17) is 40.7 Å². The minimum Gasteiger partial charge on any atom is -0.176 e. The van der Waals surface area contributed by atoms with E-state index >= 15 is 0 Å². The summed E-state index contributed by atoms with van der Waals surface area (Å²) in [6.45, 7) is 52.5. The normalized spacial score (nSPS) is 26.1. The standard InChI is InChI=1S/C115H226O9P3/c1-20-26-32-38-44-50-56-62-68-74-80-86-116-125(117-87-81-75-69-63-57-51-45-39-33-27-21-2)113(122-125)96-100(8)103(93-107(113)110(11,12)13)99(7)92-106(104-94-108(111(14,15)16)114(97-101(104)9)123-126(114,118-88-82-76-70-64-58-52-46-40-34-28-22-3)119-89-83-77-71-65-59-53-47-41-35-29-23-4)105-95-109(112(17,18)19)115(98-102(105)10)124-127(115,120-90-84-78-72-66-60-54-48-42-36-30-24-5)121-91-85-79-73-67-61-55-49-43-37-31-25-6/h99-109H,20-98H2,1-19H3/q+3. The predicted octanol–water partition coefficient (Wildman–Crippen LogP) is 41.2. The fourth-order valence-corrected chi connectivity index (χ4v) is 35.6. The van der Waals surface area contributed by atoms with Gasteiger partial charge in [0.2, 0.25) is 0 Å². The molecule has 0 amide bonds. The molecular weight excluding hydrogens is 1620 g/mol. The second-order valence-electron chi connectivity index (χ2n) is 47.4. The van der Waals surface area contributed by atoms with Gasteiger partial charge in [-0.05, 0) is 128 Å². The van der Waals surface area contributed by atoms with Gasteiger partial charge in [0, 0.05) is 37.0 Å². The van der Waals surface area contributed by atoms with Gasteiger partial charge in [0.1, 0.15) is 0 Å². The van der Waals surface area contributed by atoms with Crippen molar-refractivity contribution in [3.8, 4) is 0 Å². The van der Waals surface area contributed by atoms with E-state index in [1.54, 1.807) is 0 Å². The average Bonchev–Trinajstić information content (AvgIpc) is 1.52. The summed E-state index contributed by atoms with van der Waals surface area (Å²) in [5.74, 6) is 5.04. The smallest absolute Gasteiger partial charge is 0.176 e. The molecule has 6 aliphatic rings. The molecule has 0 aromatic carbocycles. The molecule has 3 aliphatic heterocycles. The Labute approximate surface area is 796 Å². The van der Waals surface area contributed by atoms with Crippen LogP contribution in [0, 0.1) is 81.3 Å². The van der Waals surface area contributed by atoms with Crippen molar-refractivity contribution in [2.75, 3.05) is 39.6 Å². The summed E-state index contributed by atoms with van der Waals surface area (Å²) in [7, 11) is -7.95. The lowest BCUT2D eigenvalue weighted by molar-refractivity contribution is -0.0641. The van der Waals surface area contributed by atoms with Crippen LogP contribution in [-0.4, -0.2) is 55.7 Å². The van der Waals surface area contributed by atoms with Gasteiger partial charge in [-0.15, -0.1) is 13.6 Å². The van der Waals surface area contributed by atoms with Crippen LogP contribution in [0.15, 0.2) is 0 Å². The van der Waals surface area contributed by atoms with E-state index in [0.717, 1.165) is 97.4 Å². The third-order valence-electron chi connectivity index (χ3n) is 33.0. The van der Waals surface area contributed by atoms with E-state index < -0.39 is 23.8 Å². The molecule has 3 saturated carbocycles. The monoisotopic (exact) mass is 1840 g/mol. The van der Waals surface area contributed by atoms with Crippen molar-refractivity contribution in [3.63, 3.8) is 0 Å². The third-order valence-corrected chi connectivity index (χ3v) is 41.9. The summed E-state index contributed by atoms with van der Waals surface area (Å²) in [6, 6.07) is 0. The van der Waals surface area contributed by atoms with Crippen molar-refractivity contribution in [3.05, 3.63) is 0 Å².